The van der Waals surface area contributed by atoms with Gasteiger partial charge in [-0.05, 0) is 31.5 Å². The largest absolute Gasteiger partial charge is 0.389 e. The fourth-order valence-corrected chi connectivity index (χ4v) is 2.90. The molecular weight excluding hydrogens is 282 g/mol. The average molecular weight is 305 g/mol. The molecule has 0 aliphatic carbocycles. The van der Waals surface area contributed by atoms with Gasteiger partial charge in [-0.3, -0.25) is 4.79 Å². The summed E-state index contributed by atoms with van der Waals surface area (Å²) in [5.41, 5.74) is 7.40. The van der Waals surface area contributed by atoms with Crippen molar-refractivity contribution < 1.29 is 4.79 Å². The summed E-state index contributed by atoms with van der Waals surface area (Å²) in [5.74, 6) is 0.758. The minimum absolute atomic E-state index is 0.160. The van der Waals surface area contributed by atoms with Gasteiger partial charge >= 0.3 is 0 Å². The first-order chi connectivity index (χ1) is 9.95. The average Bonchev–Trinajstić information content (AvgIpc) is 2.84. The zero-order valence-corrected chi connectivity index (χ0v) is 13.5. The highest BCUT2D eigenvalue weighted by Gasteiger charge is 2.22. The highest BCUT2D eigenvalue weighted by molar-refractivity contribution is 7.80. The van der Waals surface area contributed by atoms with Crippen molar-refractivity contribution in [1.29, 1.82) is 0 Å². The number of likely N-dealkylation sites (N-methyl/N-ethyl adjacent to an activating group) is 1. The summed E-state index contributed by atoms with van der Waals surface area (Å²) in [6, 6.07) is 7.58. The molecule has 0 spiro atoms. The molecule has 21 heavy (non-hydrogen) atoms. The Kier molecular flexibility index (Phi) is 5.31. The number of hydrogen-bond acceptors (Lipinski definition) is 3. The van der Waals surface area contributed by atoms with Crippen molar-refractivity contribution in [1.82, 2.24) is 9.80 Å². The van der Waals surface area contributed by atoms with Crippen molar-refractivity contribution in [3.8, 4) is 0 Å². The molecule has 1 amide bonds. The van der Waals surface area contributed by atoms with Gasteiger partial charge < -0.3 is 15.5 Å². The Hall–Kier alpha value is -1.46. The Morgan fingerprint density at radius 3 is 2.62 bits per heavy atom. The van der Waals surface area contributed by atoms with E-state index in [2.05, 4.69) is 11.9 Å². The van der Waals surface area contributed by atoms with Gasteiger partial charge in [0.05, 0.1) is 6.42 Å². The van der Waals surface area contributed by atoms with Crippen LogP contribution in [0, 0.1) is 5.92 Å². The van der Waals surface area contributed by atoms with E-state index in [0.29, 0.717) is 17.3 Å². The Balaban J connectivity index is 1.86. The molecule has 0 radical (unpaired) electrons. The molecular formula is C16H23N3OS. The first kappa shape index (κ1) is 15.9. The summed E-state index contributed by atoms with van der Waals surface area (Å²) in [4.78, 5) is 16.8. The van der Waals surface area contributed by atoms with E-state index < -0.39 is 0 Å². The quantitative estimate of drug-likeness (QED) is 0.833. The smallest absolute Gasteiger partial charge is 0.226 e. The van der Waals surface area contributed by atoms with E-state index in [9.17, 15) is 4.79 Å². The van der Waals surface area contributed by atoms with Gasteiger partial charge in [0.15, 0.2) is 0 Å². The van der Waals surface area contributed by atoms with Gasteiger partial charge in [-0.1, -0.05) is 36.5 Å². The number of nitrogens with two attached hydrogens (primary N) is 1. The Bertz CT molecular complexity index is 515. The third-order valence-corrected chi connectivity index (χ3v) is 4.28. The zero-order chi connectivity index (χ0) is 15.4. The lowest BCUT2D eigenvalue weighted by atomic mass is 10.1. The van der Waals surface area contributed by atoms with Crippen LogP contribution in [0.2, 0.25) is 0 Å². The topological polar surface area (TPSA) is 49.6 Å². The summed E-state index contributed by atoms with van der Waals surface area (Å²) >= 11 is 4.92. The summed E-state index contributed by atoms with van der Waals surface area (Å²) in [6.07, 6.45) is 1.60. The van der Waals surface area contributed by atoms with Crippen LogP contribution < -0.4 is 5.73 Å². The van der Waals surface area contributed by atoms with Gasteiger partial charge in [0.1, 0.15) is 4.99 Å². The van der Waals surface area contributed by atoms with Crippen molar-refractivity contribution in [2.75, 3.05) is 33.7 Å². The normalized spacial score (nSPS) is 18.7. The molecule has 1 atom stereocenters. The summed E-state index contributed by atoms with van der Waals surface area (Å²) in [7, 11) is 4.02. The lowest BCUT2D eigenvalue weighted by molar-refractivity contribution is -0.129. The molecule has 1 aliphatic heterocycles. The van der Waals surface area contributed by atoms with Crippen LogP contribution in [0.5, 0.6) is 0 Å². The molecule has 1 aromatic rings. The number of carbonyl (C=O) groups excluding carboxylic acids is 1. The standard InChI is InChI=1S/C16H23N3OS/c1-18-8-7-13(10-18)11-19(2)15(20)9-12-3-5-14(6-4-12)16(17)21/h3-6,13H,7-11H2,1-2H3,(H2,17,21). The van der Waals surface area contributed by atoms with Gasteiger partial charge in [0, 0.05) is 25.7 Å². The second kappa shape index (κ2) is 7.00. The number of thiocarbonyl (C=S) groups is 1. The number of carbonyl (C=O) groups is 1. The van der Waals surface area contributed by atoms with Crippen LogP contribution in [0.25, 0.3) is 0 Å². The lowest BCUT2D eigenvalue weighted by Crippen LogP contribution is -2.33. The summed E-state index contributed by atoms with van der Waals surface area (Å²) < 4.78 is 0. The van der Waals surface area contributed by atoms with Crippen LogP contribution in [-0.4, -0.2) is 54.4 Å². The number of hydrogen-bond donors (Lipinski definition) is 1. The van der Waals surface area contributed by atoms with Gasteiger partial charge in [-0.15, -0.1) is 0 Å². The molecule has 1 heterocycles. The molecule has 2 N–H and O–H groups in total. The number of nitrogens with zero attached hydrogens (tertiary/aromatic N) is 2. The number of benzene rings is 1. The van der Waals surface area contributed by atoms with Crippen LogP contribution in [-0.2, 0) is 11.2 Å². The van der Waals surface area contributed by atoms with Crippen molar-refractivity contribution in [2.45, 2.75) is 12.8 Å². The minimum Gasteiger partial charge on any atom is -0.389 e. The molecule has 2 rings (SSSR count). The first-order valence-corrected chi connectivity index (χ1v) is 7.68. The molecule has 1 saturated heterocycles. The molecule has 114 valence electrons. The maximum Gasteiger partial charge on any atom is 0.226 e. The van der Waals surface area contributed by atoms with Crippen molar-refractivity contribution in [3.05, 3.63) is 35.4 Å². The highest BCUT2D eigenvalue weighted by Crippen LogP contribution is 2.15. The molecule has 1 fully saturated rings. The first-order valence-electron chi connectivity index (χ1n) is 7.27. The second-order valence-electron chi connectivity index (χ2n) is 5.93. The van der Waals surface area contributed by atoms with Crippen LogP contribution >= 0.6 is 12.2 Å². The van der Waals surface area contributed by atoms with E-state index in [-0.39, 0.29) is 5.91 Å². The van der Waals surface area contributed by atoms with E-state index in [1.54, 1.807) is 0 Å². The van der Waals surface area contributed by atoms with Gasteiger partial charge in [0.25, 0.3) is 0 Å². The van der Waals surface area contributed by atoms with E-state index in [4.69, 9.17) is 18.0 Å². The van der Waals surface area contributed by atoms with Crippen LogP contribution in [0.4, 0.5) is 0 Å². The van der Waals surface area contributed by atoms with Crippen LogP contribution in [0.3, 0.4) is 0 Å². The van der Waals surface area contributed by atoms with Crippen LogP contribution in [0.15, 0.2) is 24.3 Å². The minimum atomic E-state index is 0.160. The SMILES string of the molecule is CN1CCC(CN(C)C(=O)Cc2ccc(C(N)=S)cc2)C1. The van der Waals surface area contributed by atoms with Crippen LogP contribution in [0.1, 0.15) is 17.5 Å². The Labute approximate surface area is 131 Å². The summed E-state index contributed by atoms with van der Waals surface area (Å²) in [5, 5.41) is 0. The van der Waals surface area contributed by atoms with Gasteiger partial charge in [-0.2, -0.15) is 0 Å². The predicted octanol–water partition coefficient (Wildman–Crippen LogP) is 1.27. The van der Waals surface area contributed by atoms with E-state index in [1.807, 2.05) is 36.2 Å². The molecule has 1 unspecified atom stereocenters. The fraction of sp³-hybridized carbons (Fsp3) is 0.500. The fourth-order valence-electron chi connectivity index (χ4n) is 2.76. The molecule has 4 nitrogen and oxygen atoms in total. The van der Waals surface area contributed by atoms with E-state index in [0.717, 1.165) is 30.8 Å². The predicted molar refractivity (Wildman–Crippen MR) is 89.3 cm³/mol. The molecule has 0 saturated carbocycles. The third-order valence-electron chi connectivity index (χ3n) is 4.04. The van der Waals surface area contributed by atoms with Crippen molar-refractivity contribution in [2.24, 2.45) is 11.7 Å². The zero-order valence-electron chi connectivity index (χ0n) is 12.7. The van der Waals surface area contributed by atoms with Crippen molar-refractivity contribution in [3.63, 3.8) is 0 Å². The monoisotopic (exact) mass is 305 g/mol. The number of likely N-dealkylation sites (tertiary alicyclic amines) is 1. The molecule has 0 aromatic heterocycles. The molecule has 0 bridgehead atoms. The highest BCUT2D eigenvalue weighted by atomic mass is 32.1. The molecule has 1 aliphatic rings. The summed E-state index contributed by atoms with van der Waals surface area (Å²) in [6.45, 7) is 3.06. The maximum absolute atomic E-state index is 12.3. The van der Waals surface area contributed by atoms with Crippen molar-refractivity contribution >= 4 is 23.1 Å². The van der Waals surface area contributed by atoms with Gasteiger partial charge in [0.2, 0.25) is 5.91 Å². The Morgan fingerprint density at radius 2 is 2.10 bits per heavy atom. The second-order valence-corrected chi connectivity index (χ2v) is 6.37. The third kappa shape index (κ3) is 4.51. The van der Waals surface area contributed by atoms with E-state index in [1.165, 1.54) is 6.42 Å². The molecule has 1 aromatic carbocycles. The number of rotatable bonds is 5. The maximum atomic E-state index is 12.3. The Morgan fingerprint density at radius 1 is 1.43 bits per heavy atom. The van der Waals surface area contributed by atoms with E-state index >= 15 is 0 Å². The number of amides is 1. The van der Waals surface area contributed by atoms with Gasteiger partial charge in [-0.25, -0.2) is 0 Å². The lowest BCUT2D eigenvalue weighted by Gasteiger charge is -2.21. The molecule has 5 heteroatoms.